The molecule has 0 bridgehead atoms. The summed E-state index contributed by atoms with van der Waals surface area (Å²) < 4.78 is 0. The maximum Gasteiger partial charge on any atom is 0.255 e. The number of carbonyl (C=O) groups excluding carboxylic acids is 2. The van der Waals surface area contributed by atoms with E-state index in [0.29, 0.717) is 28.8 Å². The van der Waals surface area contributed by atoms with Gasteiger partial charge in [-0.25, -0.2) is 0 Å². The Balaban J connectivity index is 2.16. The summed E-state index contributed by atoms with van der Waals surface area (Å²) in [4.78, 5) is 22.5. The molecule has 0 unspecified atom stereocenters. The molecule has 0 fully saturated rings. The zero-order valence-electron chi connectivity index (χ0n) is 9.59. The van der Waals surface area contributed by atoms with Crippen molar-refractivity contribution in [1.82, 2.24) is 0 Å². The standard InChI is InChI=1S/C14H12N2O2/c15-12-4-6-13(7-5-12)16-14(18)11-3-1-2-10(8-11)9-17/h1-9H,15H2,(H,16,18). The number of amides is 1. The summed E-state index contributed by atoms with van der Waals surface area (Å²) in [6, 6.07) is 13.4. The first-order valence-electron chi connectivity index (χ1n) is 5.41. The Morgan fingerprint density at radius 2 is 1.83 bits per heavy atom. The molecule has 2 aromatic rings. The van der Waals surface area contributed by atoms with Crippen molar-refractivity contribution in [2.24, 2.45) is 0 Å². The average molecular weight is 240 g/mol. The highest BCUT2D eigenvalue weighted by atomic mass is 16.1. The highest BCUT2D eigenvalue weighted by Crippen LogP contribution is 2.12. The van der Waals surface area contributed by atoms with E-state index in [9.17, 15) is 9.59 Å². The number of aldehydes is 1. The molecule has 0 saturated heterocycles. The second kappa shape index (κ2) is 5.14. The third-order valence-electron chi connectivity index (χ3n) is 2.45. The number of nitrogens with one attached hydrogen (secondary N) is 1. The predicted octanol–water partition coefficient (Wildman–Crippen LogP) is 2.33. The lowest BCUT2D eigenvalue weighted by atomic mass is 10.1. The molecule has 2 aromatic carbocycles. The summed E-state index contributed by atoms with van der Waals surface area (Å²) in [6.07, 6.45) is 0.708. The summed E-state index contributed by atoms with van der Waals surface area (Å²) in [6.45, 7) is 0. The van der Waals surface area contributed by atoms with E-state index in [1.54, 1.807) is 48.5 Å². The minimum absolute atomic E-state index is 0.261. The summed E-state index contributed by atoms with van der Waals surface area (Å²) >= 11 is 0. The van der Waals surface area contributed by atoms with Gasteiger partial charge >= 0.3 is 0 Å². The zero-order chi connectivity index (χ0) is 13.0. The maximum atomic E-state index is 11.9. The molecule has 0 saturated carbocycles. The fourth-order valence-electron chi connectivity index (χ4n) is 1.52. The van der Waals surface area contributed by atoms with Crippen LogP contribution in [-0.4, -0.2) is 12.2 Å². The number of carbonyl (C=O) groups is 2. The number of nitrogens with two attached hydrogens (primary N) is 1. The van der Waals surface area contributed by atoms with E-state index in [4.69, 9.17) is 5.73 Å². The van der Waals surface area contributed by atoms with Crippen LogP contribution in [0.4, 0.5) is 11.4 Å². The van der Waals surface area contributed by atoms with Gasteiger partial charge in [-0.3, -0.25) is 9.59 Å². The topological polar surface area (TPSA) is 72.2 Å². The van der Waals surface area contributed by atoms with Crippen molar-refractivity contribution in [3.63, 3.8) is 0 Å². The van der Waals surface area contributed by atoms with Crippen LogP contribution in [0.5, 0.6) is 0 Å². The molecule has 4 nitrogen and oxygen atoms in total. The molecular weight excluding hydrogens is 228 g/mol. The minimum atomic E-state index is -0.261. The van der Waals surface area contributed by atoms with Gasteiger partial charge < -0.3 is 11.1 Å². The molecule has 3 N–H and O–H groups in total. The first-order valence-corrected chi connectivity index (χ1v) is 5.41. The lowest BCUT2D eigenvalue weighted by molar-refractivity contribution is 0.102. The molecule has 0 aliphatic rings. The minimum Gasteiger partial charge on any atom is -0.399 e. The molecule has 18 heavy (non-hydrogen) atoms. The van der Waals surface area contributed by atoms with Gasteiger partial charge in [-0.15, -0.1) is 0 Å². The summed E-state index contributed by atoms with van der Waals surface area (Å²) in [5.41, 5.74) is 7.76. The van der Waals surface area contributed by atoms with Gasteiger partial charge in [0.15, 0.2) is 0 Å². The van der Waals surface area contributed by atoms with E-state index in [1.807, 2.05) is 0 Å². The van der Waals surface area contributed by atoms with Crippen LogP contribution in [0.15, 0.2) is 48.5 Å². The molecule has 2 rings (SSSR count). The number of rotatable bonds is 3. The molecule has 0 aromatic heterocycles. The highest BCUT2D eigenvalue weighted by Gasteiger charge is 2.06. The molecule has 90 valence electrons. The lowest BCUT2D eigenvalue weighted by Gasteiger charge is -2.05. The lowest BCUT2D eigenvalue weighted by Crippen LogP contribution is -2.12. The van der Waals surface area contributed by atoms with E-state index >= 15 is 0 Å². The van der Waals surface area contributed by atoms with Gasteiger partial charge in [0.1, 0.15) is 6.29 Å². The van der Waals surface area contributed by atoms with Crippen LogP contribution in [0.2, 0.25) is 0 Å². The van der Waals surface area contributed by atoms with Crippen molar-refractivity contribution in [1.29, 1.82) is 0 Å². The molecule has 0 spiro atoms. The zero-order valence-corrected chi connectivity index (χ0v) is 9.59. The average Bonchev–Trinajstić information content (AvgIpc) is 2.41. The monoisotopic (exact) mass is 240 g/mol. The predicted molar refractivity (Wildman–Crippen MR) is 70.6 cm³/mol. The first-order chi connectivity index (χ1) is 8.69. The van der Waals surface area contributed by atoms with Crippen molar-refractivity contribution in [3.05, 3.63) is 59.7 Å². The normalized spacial score (nSPS) is 9.78. The van der Waals surface area contributed by atoms with Gasteiger partial charge in [0.05, 0.1) is 0 Å². The first kappa shape index (κ1) is 11.9. The van der Waals surface area contributed by atoms with Gasteiger partial charge in [0, 0.05) is 22.5 Å². The molecule has 4 heteroatoms. The van der Waals surface area contributed by atoms with Crippen LogP contribution in [0.3, 0.4) is 0 Å². The van der Waals surface area contributed by atoms with E-state index in [2.05, 4.69) is 5.32 Å². The largest absolute Gasteiger partial charge is 0.399 e. The van der Waals surface area contributed by atoms with Crippen molar-refractivity contribution < 1.29 is 9.59 Å². The Bertz CT molecular complexity index is 577. The number of hydrogen-bond acceptors (Lipinski definition) is 3. The van der Waals surface area contributed by atoms with Gasteiger partial charge in [0.2, 0.25) is 0 Å². The highest BCUT2D eigenvalue weighted by molar-refractivity contribution is 6.05. The second-order valence-corrected chi connectivity index (χ2v) is 3.82. The number of nitrogen functional groups attached to an aromatic ring is 1. The van der Waals surface area contributed by atoms with Crippen LogP contribution in [0.25, 0.3) is 0 Å². The summed E-state index contributed by atoms with van der Waals surface area (Å²) in [5, 5.41) is 2.73. The Kier molecular flexibility index (Phi) is 3.38. The smallest absolute Gasteiger partial charge is 0.255 e. The fourth-order valence-corrected chi connectivity index (χ4v) is 1.52. The van der Waals surface area contributed by atoms with E-state index in [1.165, 1.54) is 0 Å². The van der Waals surface area contributed by atoms with E-state index in [0.717, 1.165) is 0 Å². The molecule has 0 radical (unpaired) electrons. The quantitative estimate of drug-likeness (QED) is 0.638. The Hall–Kier alpha value is -2.62. The number of benzene rings is 2. The molecule has 0 atom stereocenters. The van der Waals surface area contributed by atoms with Gasteiger partial charge in [0.25, 0.3) is 5.91 Å². The van der Waals surface area contributed by atoms with Crippen molar-refractivity contribution in [2.45, 2.75) is 0 Å². The van der Waals surface area contributed by atoms with Gasteiger partial charge in [-0.1, -0.05) is 12.1 Å². The van der Waals surface area contributed by atoms with E-state index < -0.39 is 0 Å². The SMILES string of the molecule is Nc1ccc(NC(=O)c2cccc(C=O)c2)cc1. The Morgan fingerprint density at radius 3 is 2.50 bits per heavy atom. The third kappa shape index (κ3) is 2.74. The number of anilines is 2. The third-order valence-corrected chi connectivity index (χ3v) is 2.45. The summed E-state index contributed by atoms with van der Waals surface area (Å²) in [5.74, 6) is -0.261. The molecule has 0 aliphatic heterocycles. The van der Waals surface area contributed by atoms with Gasteiger partial charge in [-0.2, -0.15) is 0 Å². The van der Waals surface area contributed by atoms with Crippen LogP contribution in [0.1, 0.15) is 20.7 Å². The van der Waals surface area contributed by atoms with Crippen molar-refractivity contribution >= 4 is 23.6 Å². The Labute approximate surface area is 104 Å². The summed E-state index contributed by atoms with van der Waals surface area (Å²) in [7, 11) is 0. The number of hydrogen-bond donors (Lipinski definition) is 2. The molecular formula is C14H12N2O2. The van der Waals surface area contributed by atoms with Crippen LogP contribution >= 0.6 is 0 Å². The van der Waals surface area contributed by atoms with Gasteiger partial charge in [-0.05, 0) is 36.4 Å². The molecule has 0 aliphatic carbocycles. The van der Waals surface area contributed by atoms with Crippen molar-refractivity contribution in [2.75, 3.05) is 11.1 Å². The Morgan fingerprint density at radius 1 is 1.11 bits per heavy atom. The van der Waals surface area contributed by atoms with Crippen LogP contribution < -0.4 is 11.1 Å². The molecule has 1 amide bonds. The molecule has 0 heterocycles. The van der Waals surface area contributed by atoms with Crippen LogP contribution in [-0.2, 0) is 0 Å². The van der Waals surface area contributed by atoms with Crippen molar-refractivity contribution in [3.8, 4) is 0 Å². The maximum absolute atomic E-state index is 11.9. The van der Waals surface area contributed by atoms with Crippen LogP contribution in [0, 0.1) is 0 Å². The fraction of sp³-hybridized carbons (Fsp3) is 0. The van der Waals surface area contributed by atoms with E-state index in [-0.39, 0.29) is 5.91 Å². The second-order valence-electron chi connectivity index (χ2n) is 3.82.